The van der Waals surface area contributed by atoms with Gasteiger partial charge < -0.3 is 10.2 Å². The van der Waals surface area contributed by atoms with Gasteiger partial charge in [0.05, 0.1) is 11.5 Å². The zero-order chi connectivity index (χ0) is 14.8. The molecule has 0 bridgehead atoms. The summed E-state index contributed by atoms with van der Waals surface area (Å²) in [6, 6.07) is 6.29. The maximum Gasteiger partial charge on any atom is 0.197 e. The topological polar surface area (TPSA) is 57.5 Å². The standard InChI is InChI=1S/C15H22O3S/c1-14(2,3)19-13(18)15(4,5)12(17)10-6-8-11(16)9-7-10/h6-9,12,16-17H,1-5H3. The van der Waals surface area contributed by atoms with Crippen LogP contribution in [0.15, 0.2) is 24.3 Å². The molecular weight excluding hydrogens is 260 g/mol. The normalized spacial score (nSPS) is 14.2. The van der Waals surface area contributed by atoms with Crippen molar-refractivity contribution in [2.24, 2.45) is 5.41 Å². The van der Waals surface area contributed by atoms with Crippen LogP contribution in [0, 0.1) is 5.41 Å². The molecule has 0 fully saturated rings. The number of rotatable bonds is 3. The number of aliphatic hydroxyl groups is 1. The molecule has 1 aromatic rings. The van der Waals surface area contributed by atoms with Gasteiger partial charge in [-0.25, -0.2) is 0 Å². The molecule has 0 aliphatic carbocycles. The summed E-state index contributed by atoms with van der Waals surface area (Å²) in [7, 11) is 0. The number of benzene rings is 1. The van der Waals surface area contributed by atoms with Crippen LogP contribution in [0.2, 0.25) is 0 Å². The number of thioether (sulfide) groups is 1. The largest absolute Gasteiger partial charge is 0.508 e. The minimum Gasteiger partial charge on any atom is -0.508 e. The third-order valence-corrected chi connectivity index (χ3v) is 4.14. The Balaban J connectivity index is 2.92. The highest BCUT2D eigenvalue weighted by Crippen LogP contribution is 2.41. The molecule has 0 aliphatic rings. The number of phenolic OH excluding ortho intramolecular Hbond substituents is 1. The molecule has 106 valence electrons. The van der Waals surface area contributed by atoms with Crippen molar-refractivity contribution in [1.82, 2.24) is 0 Å². The predicted molar refractivity (Wildman–Crippen MR) is 79.2 cm³/mol. The van der Waals surface area contributed by atoms with Crippen molar-refractivity contribution in [3.8, 4) is 5.75 Å². The second-order valence-corrected chi connectivity index (χ2v) is 8.02. The van der Waals surface area contributed by atoms with Gasteiger partial charge in [-0.05, 0) is 31.5 Å². The highest BCUT2D eigenvalue weighted by Gasteiger charge is 2.38. The Bertz CT molecular complexity index is 443. The van der Waals surface area contributed by atoms with Gasteiger partial charge in [0.2, 0.25) is 0 Å². The summed E-state index contributed by atoms with van der Waals surface area (Å²) < 4.78 is -0.178. The molecule has 0 amide bonds. The van der Waals surface area contributed by atoms with E-state index in [2.05, 4.69) is 0 Å². The first-order valence-corrected chi connectivity index (χ1v) is 7.06. The summed E-state index contributed by atoms with van der Waals surface area (Å²) in [4.78, 5) is 12.3. The van der Waals surface area contributed by atoms with Crippen molar-refractivity contribution in [2.45, 2.75) is 45.5 Å². The van der Waals surface area contributed by atoms with Crippen molar-refractivity contribution >= 4 is 16.9 Å². The number of carbonyl (C=O) groups excluding carboxylic acids is 1. The monoisotopic (exact) mass is 282 g/mol. The first-order valence-electron chi connectivity index (χ1n) is 6.24. The fourth-order valence-corrected chi connectivity index (χ4v) is 2.53. The van der Waals surface area contributed by atoms with Crippen molar-refractivity contribution in [3.63, 3.8) is 0 Å². The van der Waals surface area contributed by atoms with Gasteiger partial charge in [-0.1, -0.05) is 44.7 Å². The maximum absolute atomic E-state index is 12.3. The Morgan fingerprint density at radius 2 is 1.58 bits per heavy atom. The summed E-state index contributed by atoms with van der Waals surface area (Å²) >= 11 is 1.24. The van der Waals surface area contributed by atoms with Crippen LogP contribution < -0.4 is 0 Å². The van der Waals surface area contributed by atoms with Crippen molar-refractivity contribution in [2.75, 3.05) is 0 Å². The number of hydrogen-bond donors (Lipinski definition) is 2. The average molecular weight is 282 g/mol. The van der Waals surface area contributed by atoms with Crippen LogP contribution in [-0.2, 0) is 4.79 Å². The molecule has 19 heavy (non-hydrogen) atoms. The van der Waals surface area contributed by atoms with E-state index in [9.17, 15) is 15.0 Å². The lowest BCUT2D eigenvalue weighted by atomic mass is 9.84. The van der Waals surface area contributed by atoms with Gasteiger partial charge in [0.1, 0.15) is 5.75 Å². The molecule has 0 saturated carbocycles. The Kier molecular flexibility index (Phi) is 4.69. The zero-order valence-corrected chi connectivity index (χ0v) is 12.9. The van der Waals surface area contributed by atoms with Gasteiger partial charge in [0, 0.05) is 4.75 Å². The molecular formula is C15H22O3S. The molecule has 0 aromatic heterocycles. The van der Waals surface area contributed by atoms with Crippen molar-refractivity contribution in [3.05, 3.63) is 29.8 Å². The van der Waals surface area contributed by atoms with Gasteiger partial charge in [0.25, 0.3) is 0 Å². The van der Waals surface area contributed by atoms with E-state index in [0.717, 1.165) is 0 Å². The molecule has 0 heterocycles. The second kappa shape index (κ2) is 5.55. The van der Waals surface area contributed by atoms with Crippen LogP contribution in [0.1, 0.15) is 46.3 Å². The first kappa shape index (κ1) is 16.1. The summed E-state index contributed by atoms with van der Waals surface area (Å²) in [6.07, 6.45) is -0.893. The molecule has 2 N–H and O–H groups in total. The first-order chi connectivity index (χ1) is 8.54. The third-order valence-electron chi connectivity index (χ3n) is 2.82. The van der Waals surface area contributed by atoms with Crippen molar-refractivity contribution < 1.29 is 15.0 Å². The predicted octanol–water partition coefficient (Wildman–Crippen LogP) is 3.51. The van der Waals surface area contributed by atoms with Crippen LogP contribution in [0.25, 0.3) is 0 Å². The number of aromatic hydroxyl groups is 1. The second-order valence-electron chi connectivity index (χ2n) is 6.22. The molecule has 1 unspecified atom stereocenters. The fourth-order valence-electron chi connectivity index (χ4n) is 1.59. The molecule has 0 aliphatic heterocycles. The Hall–Kier alpha value is -1.00. The summed E-state index contributed by atoms with van der Waals surface area (Å²) in [6.45, 7) is 9.40. The van der Waals surface area contributed by atoms with Crippen LogP contribution in [0.4, 0.5) is 0 Å². The zero-order valence-electron chi connectivity index (χ0n) is 12.1. The van der Waals surface area contributed by atoms with Gasteiger partial charge in [-0.2, -0.15) is 0 Å². The molecule has 1 atom stereocenters. The highest BCUT2D eigenvalue weighted by atomic mass is 32.2. The number of carbonyl (C=O) groups is 1. The summed E-state index contributed by atoms with van der Waals surface area (Å²) in [5, 5.41) is 19.6. The smallest absolute Gasteiger partial charge is 0.197 e. The number of aliphatic hydroxyl groups excluding tert-OH is 1. The van der Waals surface area contributed by atoms with Gasteiger partial charge in [-0.3, -0.25) is 4.79 Å². The van der Waals surface area contributed by atoms with Crippen LogP contribution >= 0.6 is 11.8 Å². The number of phenols is 1. The van der Waals surface area contributed by atoms with Crippen LogP contribution in [0.3, 0.4) is 0 Å². The van der Waals surface area contributed by atoms with Crippen LogP contribution in [-0.4, -0.2) is 20.1 Å². The Labute approximate surface area is 119 Å². The van der Waals surface area contributed by atoms with E-state index in [4.69, 9.17) is 0 Å². The third kappa shape index (κ3) is 4.25. The van der Waals surface area contributed by atoms with E-state index < -0.39 is 11.5 Å². The van der Waals surface area contributed by atoms with Crippen LogP contribution in [0.5, 0.6) is 5.75 Å². The maximum atomic E-state index is 12.3. The van der Waals surface area contributed by atoms with E-state index in [0.29, 0.717) is 5.56 Å². The molecule has 4 heteroatoms. The van der Waals surface area contributed by atoms with Gasteiger partial charge in [0.15, 0.2) is 5.12 Å². The van der Waals surface area contributed by atoms with Gasteiger partial charge in [-0.15, -0.1) is 0 Å². The minimum atomic E-state index is -0.893. The quantitative estimate of drug-likeness (QED) is 0.890. The Morgan fingerprint density at radius 3 is 2.00 bits per heavy atom. The van der Waals surface area contributed by atoms with E-state index >= 15 is 0 Å². The SMILES string of the molecule is CC(C)(C)SC(=O)C(C)(C)C(O)c1ccc(O)cc1. The van der Waals surface area contributed by atoms with E-state index in [-0.39, 0.29) is 15.6 Å². The highest BCUT2D eigenvalue weighted by molar-refractivity contribution is 8.14. The number of hydrogen-bond acceptors (Lipinski definition) is 4. The van der Waals surface area contributed by atoms with E-state index in [1.54, 1.807) is 26.0 Å². The fraction of sp³-hybridized carbons (Fsp3) is 0.533. The molecule has 0 radical (unpaired) electrons. The minimum absolute atomic E-state index is 0.0411. The molecule has 1 aromatic carbocycles. The molecule has 3 nitrogen and oxygen atoms in total. The summed E-state index contributed by atoms with van der Waals surface area (Å²) in [5.74, 6) is 0.143. The Morgan fingerprint density at radius 1 is 1.11 bits per heavy atom. The molecule has 1 rings (SSSR count). The van der Waals surface area contributed by atoms with E-state index in [1.165, 1.54) is 23.9 Å². The van der Waals surface area contributed by atoms with Gasteiger partial charge >= 0.3 is 0 Å². The lowest BCUT2D eigenvalue weighted by Crippen LogP contribution is -2.32. The van der Waals surface area contributed by atoms with Crippen molar-refractivity contribution in [1.29, 1.82) is 0 Å². The average Bonchev–Trinajstić information content (AvgIpc) is 2.26. The lowest BCUT2D eigenvalue weighted by Gasteiger charge is -2.31. The van der Waals surface area contributed by atoms with E-state index in [1.807, 2.05) is 20.8 Å². The lowest BCUT2D eigenvalue weighted by molar-refractivity contribution is -0.124. The molecule has 0 spiro atoms. The molecule has 0 saturated heterocycles. The summed E-state index contributed by atoms with van der Waals surface area (Å²) in [5.41, 5.74) is -0.250.